The molecule has 0 spiro atoms. The highest BCUT2D eigenvalue weighted by Gasteiger charge is 2.24. The van der Waals surface area contributed by atoms with Crippen molar-refractivity contribution in [3.8, 4) is 11.1 Å². The maximum Gasteiger partial charge on any atom is 0.184 e. The van der Waals surface area contributed by atoms with Crippen molar-refractivity contribution in [2.45, 2.75) is 12.9 Å². The Morgan fingerprint density at radius 3 is 2.40 bits per heavy atom. The van der Waals surface area contributed by atoms with E-state index in [-0.39, 0.29) is 18.1 Å². The summed E-state index contributed by atoms with van der Waals surface area (Å²) >= 11 is 0. The molecular weight excluding hydrogens is 326 g/mol. The van der Waals surface area contributed by atoms with Crippen LogP contribution in [0.5, 0.6) is 0 Å². The summed E-state index contributed by atoms with van der Waals surface area (Å²) in [7, 11) is 1.40. The molecule has 25 heavy (non-hydrogen) atoms. The van der Waals surface area contributed by atoms with Crippen LogP contribution in [0, 0.1) is 17.6 Å². The molecule has 0 bridgehead atoms. The van der Waals surface area contributed by atoms with Gasteiger partial charge in [0.1, 0.15) is 11.6 Å². The van der Waals surface area contributed by atoms with E-state index in [1.807, 2.05) is 18.2 Å². The summed E-state index contributed by atoms with van der Waals surface area (Å²) in [6.07, 6.45) is 1.22. The fourth-order valence-electron chi connectivity index (χ4n) is 2.84. The van der Waals surface area contributed by atoms with Gasteiger partial charge in [-0.05, 0) is 23.3 Å². The van der Waals surface area contributed by atoms with Gasteiger partial charge in [-0.3, -0.25) is 0 Å². The summed E-state index contributed by atoms with van der Waals surface area (Å²) in [6.45, 7) is 4.62. The molecule has 1 aliphatic heterocycles. The van der Waals surface area contributed by atoms with Crippen LogP contribution < -0.4 is 0 Å². The van der Waals surface area contributed by atoms with Gasteiger partial charge < -0.3 is 14.2 Å². The predicted molar refractivity (Wildman–Crippen MR) is 90.8 cm³/mol. The first kappa shape index (κ1) is 17.7. The summed E-state index contributed by atoms with van der Waals surface area (Å²) < 4.78 is 44.9. The smallest absolute Gasteiger partial charge is 0.184 e. The zero-order valence-corrected chi connectivity index (χ0v) is 14.0. The molecule has 0 radical (unpaired) electrons. The molecule has 1 saturated heterocycles. The van der Waals surface area contributed by atoms with Crippen LogP contribution in [-0.4, -0.2) is 20.3 Å². The first-order valence-corrected chi connectivity index (χ1v) is 8.06. The molecule has 2 aromatic rings. The highest BCUT2D eigenvalue weighted by molar-refractivity contribution is 5.68. The number of rotatable bonds is 5. The summed E-state index contributed by atoms with van der Waals surface area (Å²) in [5.74, 6) is -1.13. The average Bonchev–Trinajstić information content (AvgIpc) is 2.64. The molecule has 0 aromatic heterocycles. The lowest BCUT2D eigenvalue weighted by atomic mass is 9.97. The Morgan fingerprint density at radius 1 is 1.16 bits per heavy atom. The van der Waals surface area contributed by atoms with Gasteiger partial charge in [-0.25, -0.2) is 8.78 Å². The number of hydrogen-bond acceptors (Lipinski definition) is 3. The molecule has 0 saturated carbocycles. The van der Waals surface area contributed by atoms with E-state index in [1.54, 1.807) is 12.1 Å². The molecular formula is C20H20F2O3. The Bertz CT molecular complexity index is 729. The predicted octanol–water partition coefficient (Wildman–Crippen LogP) is 4.63. The number of methoxy groups -OCH3 is 1. The summed E-state index contributed by atoms with van der Waals surface area (Å²) in [6, 6.07) is 9.92. The molecule has 1 heterocycles. The van der Waals surface area contributed by atoms with Gasteiger partial charge in [0, 0.05) is 24.2 Å². The second-order valence-corrected chi connectivity index (χ2v) is 5.93. The van der Waals surface area contributed by atoms with E-state index in [2.05, 4.69) is 6.58 Å². The Morgan fingerprint density at radius 2 is 1.80 bits per heavy atom. The van der Waals surface area contributed by atoms with Crippen LogP contribution in [0.4, 0.5) is 8.78 Å². The lowest BCUT2D eigenvalue weighted by Gasteiger charge is -2.29. The van der Waals surface area contributed by atoms with Crippen LogP contribution in [0.25, 0.3) is 11.1 Å². The monoisotopic (exact) mass is 346 g/mol. The van der Waals surface area contributed by atoms with Crippen molar-refractivity contribution in [1.29, 1.82) is 0 Å². The molecule has 132 valence electrons. The van der Waals surface area contributed by atoms with E-state index >= 15 is 0 Å². The molecule has 5 heteroatoms. The van der Waals surface area contributed by atoms with Crippen LogP contribution in [-0.2, 0) is 20.8 Å². The molecule has 0 aliphatic carbocycles. The normalized spacial score (nSPS) is 20.4. The van der Waals surface area contributed by atoms with Crippen LogP contribution >= 0.6 is 0 Å². The third-order valence-electron chi connectivity index (χ3n) is 4.21. The first-order valence-electron chi connectivity index (χ1n) is 8.06. The van der Waals surface area contributed by atoms with Gasteiger partial charge in [0.25, 0.3) is 0 Å². The second kappa shape index (κ2) is 7.87. The van der Waals surface area contributed by atoms with Gasteiger partial charge in [0.05, 0.1) is 19.8 Å². The Hall–Kier alpha value is -2.08. The van der Waals surface area contributed by atoms with Crippen molar-refractivity contribution >= 4 is 0 Å². The van der Waals surface area contributed by atoms with Crippen molar-refractivity contribution in [1.82, 2.24) is 0 Å². The van der Waals surface area contributed by atoms with Gasteiger partial charge >= 0.3 is 0 Å². The molecule has 3 rings (SSSR count). The van der Waals surface area contributed by atoms with E-state index in [0.29, 0.717) is 24.3 Å². The molecule has 1 fully saturated rings. The minimum atomic E-state index is -0.635. The lowest BCUT2D eigenvalue weighted by Crippen LogP contribution is -2.26. The van der Waals surface area contributed by atoms with E-state index in [9.17, 15) is 8.78 Å². The quantitative estimate of drug-likeness (QED) is 0.739. The van der Waals surface area contributed by atoms with E-state index in [0.717, 1.165) is 5.56 Å². The molecule has 3 nitrogen and oxygen atoms in total. The summed E-state index contributed by atoms with van der Waals surface area (Å²) in [5.41, 5.74) is 1.76. The van der Waals surface area contributed by atoms with Crippen LogP contribution in [0.3, 0.4) is 0 Å². The Kier molecular flexibility index (Phi) is 5.58. The lowest BCUT2D eigenvalue weighted by molar-refractivity contribution is -0.197. The number of ether oxygens (including phenoxy) is 3. The number of benzene rings is 2. The summed E-state index contributed by atoms with van der Waals surface area (Å²) in [5, 5.41) is 0. The Labute approximate surface area is 145 Å². The van der Waals surface area contributed by atoms with Crippen molar-refractivity contribution in [2.75, 3.05) is 20.3 Å². The molecule has 2 aromatic carbocycles. The topological polar surface area (TPSA) is 27.7 Å². The molecule has 0 atom stereocenters. The van der Waals surface area contributed by atoms with E-state index < -0.39 is 17.9 Å². The summed E-state index contributed by atoms with van der Waals surface area (Å²) in [4.78, 5) is 0. The van der Waals surface area contributed by atoms with Gasteiger partial charge in [0.2, 0.25) is 0 Å². The number of hydrogen-bond donors (Lipinski definition) is 0. The van der Waals surface area contributed by atoms with Crippen LogP contribution in [0.1, 0.15) is 17.4 Å². The Balaban J connectivity index is 1.95. The van der Waals surface area contributed by atoms with Gasteiger partial charge in [-0.2, -0.15) is 0 Å². The van der Waals surface area contributed by atoms with Crippen molar-refractivity contribution in [3.63, 3.8) is 0 Å². The minimum Gasteiger partial charge on any atom is -0.380 e. The third-order valence-corrected chi connectivity index (χ3v) is 4.21. The van der Waals surface area contributed by atoms with Crippen molar-refractivity contribution < 1.29 is 23.0 Å². The average molecular weight is 346 g/mol. The molecule has 0 N–H and O–H groups in total. The fourth-order valence-corrected chi connectivity index (χ4v) is 2.84. The van der Waals surface area contributed by atoms with Gasteiger partial charge in [-0.15, -0.1) is 6.58 Å². The largest absolute Gasteiger partial charge is 0.380 e. The molecule has 0 amide bonds. The third kappa shape index (κ3) is 3.79. The molecule has 1 aliphatic rings. The van der Waals surface area contributed by atoms with E-state index in [1.165, 1.54) is 19.2 Å². The zero-order valence-electron chi connectivity index (χ0n) is 14.0. The van der Waals surface area contributed by atoms with Gasteiger partial charge in [-0.1, -0.05) is 30.3 Å². The van der Waals surface area contributed by atoms with E-state index in [4.69, 9.17) is 14.2 Å². The standard InChI is InChI=1S/C20H20F2O3/c1-3-13-10-24-20(25-11-13)16-7-5-4-6-15(16)14-8-18(21)17(12-23-2)19(22)9-14/h3-9,13,20H,1,10-12H2,2H3/t13-,20-. The zero-order chi connectivity index (χ0) is 17.8. The van der Waals surface area contributed by atoms with Gasteiger partial charge in [0.15, 0.2) is 6.29 Å². The highest BCUT2D eigenvalue weighted by atomic mass is 19.1. The van der Waals surface area contributed by atoms with Crippen molar-refractivity contribution in [3.05, 3.63) is 71.8 Å². The fraction of sp³-hybridized carbons (Fsp3) is 0.300. The second-order valence-electron chi connectivity index (χ2n) is 5.93. The van der Waals surface area contributed by atoms with Crippen LogP contribution in [0.2, 0.25) is 0 Å². The highest BCUT2D eigenvalue weighted by Crippen LogP contribution is 2.34. The molecule has 0 unspecified atom stereocenters. The maximum absolute atomic E-state index is 14.3. The van der Waals surface area contributed by atoms with Crippen molar-refractivity contribution in [2.24, 2.45) is 5.92 Å². The number of halogens is 2. The first-order chi connectivity index (χ1) is 12.1. The maximum atomic E-state index is 14.3. The van der Waals surface area contributed by atoms with Crippen LogP contribution in [0.15, 0.2) is 49.1 Å². The SMILES string of the molecule is C=C[C@H]1CO[C@H](c2ccccc2-c2cc(F)c(COC)c(F)c2)OC1. The minimum absolute atomic E-state index is 0.0808.